The van der Waals surface area contributed by atoms with Crippen molar-refractivity contribution < 1.29 is 23.1 Å². The van der Waals surface area contributed by atoms with Crippen molar-refractivity contribution in [3.05, 3.63) is 28.8 Å². The van der Waals surface area contributed by atoms with Crippen molar-refractivity contribution in [2.24, 2.45) is 0 Å². The van der Waals surface area contributed by atoms with E-state index < -0.39 is 29.6 Å². The van der Waals surface area contributed by atoms with Gasteiger partial charge in [0.2, 0.25) is 5.95 Å². The van der Waals surface area contributed by atoms with Crippen molar-refractivity contribution in [3.63, 3.8) is 0 Å². The third-order valence-corrected chi connectivity index (χ3v) is 1.72. The first-order valence-corrected chi connectivity index (χ1v) is 3.62. The monoisotopic (exact) mass is 205 g/mol. The third kappa shape index (κ3) is 1.84. The van der Waals surface area contributed by atoms with Gasteiger partial charge in [-0.05, 0) is 12.5 Å². The molecule has 1 N–H and O–H groups in total. The van der Waals surface area contributed by atoms with Crippen LogP contribution < -0.4 is 0 Å². The second kappa shape index (κ2) is 3.65. The van der Waals surface area contributed by atoms with Crippen LogP contribution in [0.25, 0.3) is 0 Å². The second-order valence-corrected chi connectivity index (χ2v) is 2.61. The molecule has 1 heterocycles. The molecule has 0 unspecified atom stereocenters. The molecule has 0 spiro atoms. The van der Waals surface area contributed by atoms with Crippen LogP contribution >= 0.6 is 0 Å². The first-order valence-electron chi connectivity index (χ1n) is 3.62. The van der Waals surface area contributed by atoms with Gasteiger partial charge < -0.3 is 5.11 Å². The van der Waals surface area contributed by atoms with Gasteiger partial charge in [-0.3, -0.25) is 0 Å². The number of aromatic nitrogens is 1. The summed E-state index contributed by atoms with van der Waals surface area (Å²) < 4.78 is 37.1. The third-order valence-electron chi connectivity index (χ3n) is 1.72. The minimum atomic E-state index is -2.98. The lowest BCUT2D eigenvalue weighted by molar-refractivity contribution is 0.0694. The topological polar surface area (TPSA) is 50.2 Å². The molecular formula is C8H6F3NO2. The Morgan fingerprint density at radius 1 is 1.57 bits per heavy atom. The van der Waals surface area contributed by atoms with Crippen molar-refractivity contribution in [2.75, 3.05) is 0 Å². The van der Waals surface area contributed by atoms with Gasteiger partial charge in [0, 0.05) is 6.07 Å². The molecule has 0 atom stereocenters. The summed E-state index contributed by atoms with van der Waals surface area (Å²) in [6.45, 7) is 1.16. The van der Waals surface area contributed by atoms with Crippen molar-refractivity contribution in [1.82, 2.24) is 4.98 Å². The summed E-state index contributed by atoms with van der Waals surface area (Å²) in [6.07, 6.45) is -2.98. The molecule has 0 aliphatic carbocycles. The lowest BCUT2D eigenvalue weighted by Gasteiger charge is -2.06. The Hall–Kier alpha value is -1.59. The smallest absolute Gasteiger partial charge is 0.336 e. The quantitative estimate of drug-likeness (QED) is 0.752. The molecule has 0 saturated heterocycles. The zero-order chi connectivity index (χ0) is 10.9. The van der Waals surface area contributed by atoms with Crippen LogP contribution in [0.1, 0.15) is 28.0 Å². The van der Waals surface area contributed by atoms with E-state index in [9.17, 15) is 18.0 Å². The van der Waals surface area contributed by atoms with Gasteiger partial charge in [0.25, 0.3) is 6.43 Å². The normalized spacial score (nSPS) is 10.6. The maximum atomic E-state index is 12.6. The van der Waals surface area contributed by atoms with Crippen LogP contribution in [0.15, 0.2) is 6.07 Å². The van der Waals surface area contributed by atoms with Crippen molar-refractivity contribution in [3.8, 4) is 0 Å². The first-order chi connectivity index (χ1) is 6.43. The number of aromatic carboxylic acids is 1. The standard InChI is InChI=1S/C8H6F3NO2/c1-3-4(8(13)14)2-5(9)12-6(3)7(10)11/h2,7H,1H3,(H,13,14). The maximum Gasteiger partial charge on any atom is 0.336 e. The molecule has 0 radical (unpaired) electrons. The van der Waals surface area contributed by atoms with Crippen LogP contribution in [-0.4, -0.2) is 16.1 Å². The lowest BCUT2D eigenvalue weighted by Crippen LogP contribution is -2.07. The summed E-state index contributed by atoms with van der Waals surface area (Å²) in [5.74, 6) is -2.67. The molecule has 76 valence electrons. The molecular weight excluding hydrogens is 199 g/mol. The van der Waals surface area contributed by atoms with Crippen LogP contribution in [0.4, 0.5) is 13.2 Å². The van der Waals surface area contributed by atoms with E-state index in [4.69, 9.17) is 5.11 Å². The predicted molar refractivity (Wildman–Crippen MR) is 40.8 cm³/mol. The lowest BCUT2D eigenvalue weighted by atomic mass is 10.1. The molecule has 1 rings (SSSR count). The average Bonchev–Trinajstić information content (AvgIpc) is 2.07. The van der Waals surface area contributed by atoms with E-state index in [0.29, 0.717) is 6.07 Å². The fourth-order valence-corrected chi connectivity index (χ4v) is 1.03. The molecule has 1 aromatic rings. The molecule has 0 aliphatic heterocycles. The summed E-state index contributed by atoms with van der Waals surface area (Å²) in [5, 5.41) is 8.56. The van der Waals surface area contributed by atoms with Crippen molar-refractivity contribution in [2.45, 2.75) is 13.3 Å². The van der Waals surface area contributed by atoms with Crippen molar-refractivity contribution >= 4 is 5.97 Å². The highest BCUT2D eigenvalue weighted by molar-refractivity contribution is 5.89. The molecule has 0 aliphatic rings. The molecule has 6 heteroatoms. The van der Waals surface area contributed by atoms with E-state index in [2.05, 4.69) is 4.98 Å². The molecule has 0 aromatic carbocycles. The average molecular weight is 205 g/mol. The number of alkyl halides is 2. The van der Waals surface area contributed by atoms with Gasteiger partial charge in [-0.2, -0.15) is 4.39 Å². The van der Waals surface area contributed by atoms with Gasteiger partial charge in [-0.15, -0.1) is 0 Å². The van der Waals surface area contributed by atoms with Gasteiger partial charge in [0.05, 0.1) is 5.56 Å². The number of rotatable bonds is 2. The van der Waals surface area contributed by atoms with E-state index in [0.717, 1.165) is 6.92 Å². The largest absolute Gasteiger partial charge is 0.478 e. The van der Waals surface area contributed by atoms with Crippen LogP contribution in [0, 0.1) is 12.9 Å². The van der Waals surface area contributed by atoms with E-state index >= 15 is 0 Å². The van der Waals surface area contributed by atoms with Crippen molar-refractivity contribution in [1.29, 1.82) is 0 Å². The summed E-state index contributed by atoms with van der Waals surface area (Å²) >= 11 is 0. The predicted octanol–water partition coefficient (Wildman–Crippen LogP) is 2.16. The number of pyridine rings is 1. The maximum absolute atomic E-state index is 12.6. The number of hydrogen-bond acceptors (Lipinski definition) is 2. The molecule has 3 nitrogen and oxygen atoms in total. The number of carboxylic acid groups (broad SMARTS) is 1. The van der Waals surface area contributed by atoms with Crippen LogP contribution in [0.3, 0.4) is 0 Å². The Morgan fingerprint density at radius 2 is 2.14 bits per heavy atom. The summed E-state index contributed by atoms with van der Waals surface area (Å²) in [6, 6.07) is 0.615. The number of carboxylic acids is 1. The second-order valence-electron chi connectivity index (χ2n) is 2.61. The van der Waals surface area contributed by atoms with Gasteiger partial charge in [-0.1, -0.05) is 0 Å². The van der Waals surface area contributed by atoms with E-state index in [1.807, 2.05) is 0 Å². The fourth-order valence-electron chi connectivity index (χ4n) is 1.03. The van der Waals surface area contributed by atoms with Crippen LogP contribution in [0.5, 0.6) is 0 Å². The minimum Gasteiger partial charge on any atom is -0.478 e. The Balaban J connectivity index is 3.40. The first kappa shape index (κ1) is 10.5. The van der Waals surface area contributed by atoms with Crippen LogP contribution in [-0.2, 0) is 0 Å². The van der Waals surface area contributed by atoms with E-state index in [1.165, 1.54) is 0 Å². The highest BCUT2D eigenvalue weighted by atomic mass is 19.3. The van der Waals surface area contributed by atoms with Gasteiger partial charge in [-0.25, -0.2) is 18.6 Å². The highest BCUT2D eigenvalue weighted by Crippen LogP contribution is 2.23. The Labute approximate surface area is 77.2 Å². The fraction of sp³-hybridized carbons (Fsp3) is 0.250. The van der Waals surface area contributed by atoms with Gasteiger partial charge in [0.1, 0.15) is 5.69 Å². The Kier molecular flexibility index (Phi) is 2.73. The zero-order valence-corrected chi connectivity index (χ0v) is 7.09. The minimum absolute atomic E-state index is 0.214. The molecule has 1 aromatic heterocycles. The van der Waals surface area contributed by atoms with Gasteiger partial charge >= 0.3 is 5.97 Å². The Bertz CT molecular complexity index is 379. The Morgan fingerprint density at radius 3 is 2.57 bits per heavy atom. The molecule has 0 bridgehead atoms. The molecule has 0 fully saturated rings. The SMILES string of the molecule is Cc1c(C(=O)O)cc(F)nc1C(F)F. The molecule has 14 heavy (non-hydrogen) atoms. The number of halogens is 3. The van der Waals surface area contributed by atoms with Crippen LogP contribution in [0.2, 0.25) is 0 Å². The van der Waals surface area contributed by atoms with E-state index in [-0.39, 0.29) is 5.56 Å². The number of nitrogens with zero attached hydrogens (tertiary/aromatic N) is 1. The van der Waals surface area contributed by atoms with E-state index in [1.54, 1.807) is 0 Å². The summed E-state index contributed by atoms with van der Waals surface area (Å²) in [7, 11) is 0. The highest BCUT2D eigenvalue weighted by Gasteiger charge is 2.20. The summed E-state index contributed by atoms with van der Waals surface area (Å²) in [4.78, 5) is 13.4. The summed E-state index contributed by atoms with van der Waals surface area (Å²) in [5.41, 5.74) is -1.54. The molecule has 0 saturated carbocycles. The number of carbonyl (C=O) groups is 1. The molecule has 0 amide bonds. The zero-order valence-electron chi connectivity index (χ0n) is 7.09. The number of hydrogen-bond donors (Lipinski definition) is 1. The van der Waals surface area contributed by atoms with Gasteiger partial charge in [0.15, 0.2) is 0 Å².